The van der Waals surface area contributed by atoms with E-state index < -0.39 is 50.4 Å². The first-order valence-corrected chi connectivity index (χ1v) is 9.91. The molecule has 2 aromatic rings. The van der Waals surface area contributed by atoms with E-state index in [1.807, 2.05) is 0 Å². The van der Waals surface area contributed by atoms with Crippen LogP contribution in [0.4, 0.5) is 5.82 Å². The Kier molecular flexibility index (Phi) is 4.41. The normalized spacial score (nSPS) is 38.2. The molecule has 13 nitrogen and oxygen atoms in total. The first-order valence-electron chi connectivity index (χ1n) is 8.37. The lowest BCUT2D eigenvalue weighted by Gasteiger charge is -2.27. The third kappa shape index (κ3) is 2.96. The van der Waals surface area contributed by atoms with Crippen LogP contribution in [0.1, 0.15) is 20.1 Å². The van der Waals surface area contributed by atoms with Gasteiger partial charge < -0.3 is 25.2 Å². The van der Waals surface area contributed by atoms with Crippen LogP contribution in [0.15, 0.2) is 12.7 Å². The van der Waals surface area contributed by atoms with Crippen LogP contribution in [0, 0.1) is 0 Å². The Labute approximate surface area is 158 Å². The highest BCUT2D eigenvalue weighted by atomic mass is 31.2. The summed E-state index contributed by atoms with van der Waals surface area (Å²) in [4.78, 5) is 23.5. The molecule has 0 bridgehead atoms. The van der Waals surface area contributed by atoms with Gasteiger partial charge in [-0.3, -0.25) is 9.09 Å². The SMILES string of the molecule is CC1NP(=O)(OC[C@H]2O[C@@H](n3cnc4c(N)ncnc43)C(C)(O)[C@H]2O)OC1=O. The average Bonchev–Trinajstić information content (AvgIpc) is 3.22. The number of nitrogens with two attached hydrogens (primary N) is 1. The predicted octanol–water partition coefficient (Wildman–Crippen LogP) is -0.923. The number of aromatic nitrogens is 4. The third-order valence-electron chi connectivity index (χ3n) is 4.72. The summed E-state index contributed by atoms with van der Waals surface area (Å²) in [5.74, 6) is -0.550. The number of nitrogens with zero attached hydrogens (tertiary/aromatic N) is 4. The minimum Gasteiger partial charge on any atom is -0.387 e. The number of fused-ring (bicyclic) bond motifs is 1. The predicted molar refractivity (Wildman–Crippen MR) is 92.5 cm³/mol. The van der Waals surface area contributed by atoms with Gasteiger partial charge in [0.05, 0.1) is 12.9 Å². The highest BCUT2D eigenvalue weighted by molar-refractivity contribution is 7.52. The molecule has 2 aliphatic heterocycles. The van der Waals surface area contributed by atoms with Crippen LogP contribution >= 0.6 is 7.75 Å². The third-order valence-corrected chi connectivity index (χ3v) is 6.33. The molecule has 4 heterocycles. The van der Waals surface area contributed by atoms with Crippen molar-refractivity contribution in [2.75, 3.05) is 12.3 Å². The van der Waals surface area contributed by atoms with E-state index in [2.05, 4.69) is 20.0 Å². The molecule has 0 amide bonds. The molecule has 2 aliphatic rings. The molecule has 5 N–H and O–H groups in total. The molecule has 0 aliphatic carbocycles. The van der Waals surface area contributed by atoms with E-state index in [1.54, 1.807) is 0 Å². The van der Waals surface area contributed by atoms with Crippen LogP contribution in [-0.4, -0.2) is 66.2 Å². The molecule has 0 saturated carbocycles. The molecule has 0 radical (unpaired) electrons. The molecule has 0 aromatic carbocycles. The summed E-state index contributed by atoms with van der Waals surface area (Å²) in [6.45, 7) is 2.45. The van der Waals surface area contributed by atoms with Gasteiger partial charge in [0.1, 0.15) is 35.7 Å². The van der Waals surface area contributed by atoms with E-state index in [9.17, 15) is 19.6 Å². The number of aliphatic hydroxyl groups is 2. The first-order chi connectivity index (χ1) is 13.1. The molecule has 152 valence electrons. The van der Waals surface area contributed by atoms with E-state index in [-0.39, 0.29) is 5.82 Å². The fourth-order valence-corrected chi connectivity index (χ4v) is 4.67. The minimum absolute atomic E-state index is 0.156. The largest absolute Gasteiger partial charge is 0.461 e. The van der Waals surface area contributed by atoms with Crippen molar-refractivity contribution in [1.29, 1.82) is 0 Å². The summed E-state index contributed by atoms with van der Waals surface area (Å²) < 4.78 is 29.4. The number of carbonyl (C=O) groups excluding carboxylic acids is 1. The second-order valence-electron chi connectivity index (χ2n) is 6.83. The van der Waals surface area contributed by atoms with E-state index >= 15 is 0 Å². The molecular weight excluding hydrogens is 395 g/mol. The molecular formula is C14H19N6O7P. The molecule has 3 unspecified atom stereocenters. The second-order valence-corrected chi connectivity index (χ2v) is 8.53. The molecule has 28 heavy (non-hydrogen) atoms. The van der Waals surface area contributed by atoms with Crippen LogP contribution in [0.3, 0.4) is 0 Å². The fraction of sp³-hybridized carbons (Fsp3) is 0.571. The maximum Gasteiger partial charge on any atom is 0.461 e. The van der Waals surface area contributed by atoms with Gasteiger partial charge in [0.15, 0.2) is 17.7 Å². The molecule has 2 saturated heterocycles. The van der Waals surface area contributed by atoms with Gasteiger partial charge >= 0.3 is 13.7 Å². The second kappa shape index (κ2) is 6.44. The first kappa shape index (κ1) is 19.2. The van der Waals surface area contributed by atoms with Crippen LogP contribution in [0.2, 0.25) is 0 Å². The number of imidazole rings is 1. The van der Waals surface area contributed by atoms with Gasteiger partial charge in [-0.2, -0.15) is 5.09 Å². The lowest BCUT2D eigenvalue weighted by atomic mass is 9.96. The van der Waals surface area contributed by atoms with Gasteiger partial charge in [0, 0.05) is 0 Å². The zero-order valence-electron chi connectivity index (χ0n) is 14.9. The topological polar surface area (TPSA) is 184 Å². The van der Waals surface area contributed by atoms with E-state index in [1.165, 1.54) is 31.1 Å². The van der Waals surface area contributed by atoms with E-state index in [0.717, 1.165) is 0 Å². The lowest BCUT2D eigenvalue weighted by molar-refractivity contribution is -0.134. The molecule has 2 fully saturated rings. The Bertz CT molecular complexity index is 980. The van der Waals surface area contributed by atoms with Crippen LogP contribution < -0.4 is 10.8 Å². The number of rotatable bonds is 4. The fourth-order valence-electron chi connectivity index (χ4n) is 3.17. The quantitative estimate of drug-likeness (QED) is 0.452. The Hall–Kier alpha value is -2.15. The van der Waals surface area contributed by atoms with Crippen molar-refractivity contribution in [2.45, 2.75) is 43.9 Å². The maximum absolute atomic E-state index is 12.4. The van der Waals surface area contributed by atoms with Gasteiger partial charge in [-0.1, -0.05) is 0 Å². The van der Waals surface area contributed by atoms with Crippen molar-refractivity contribution < 1.29 is 33.4 Å². The van der Waals surface area contributed by atoms with Crippen molar-refractivity contribution in [3.05, 3.63) is 12.7 Å². The number of hydrogen-bond donors (Lipinski definition) is 4. The zero-order valence-corrected chi connectivity index (χ0v) is 15.8. The lowest BCUT2D eigenvalue weighted by Crippen LogP contribution is -2.44. The molecule has 6 atom stereocenters. The summed E-state index contributed by atoms with van der Waals surface area (Å²) in [6.07, 6.45) is -0.970. The van der Waals surface area contributed by atoms with Crippen molar-refractivity contribution in [2.24, 2.45) is 0 Å². The number of nitrogens with one attached hydrogen (secondary N) is 1. The summed E-state index contributed by atoms with van der Waals surface area (Å²) in [6, 6.07) is -0.779. The molecule has 2 aromatic heterocycles. The number of carbonyl (C=O) groups is 1. The van der Waals surface area contributed by atoms with Gasteiger partial charge in [-0.05, 0) is 13.8 Å². The van der Waals surface area contributed by atoms with Crippen molar-refractivity contribution >= 4 is 30.7 Å². The van der Waals surface area contributed by atoms with Gasteiger partial charge in [0.2, 0.25) is 0 Å². The van der Waals surface area contributed by atoms with Gasteiger partial charge in [-0.25, -0.2) is 24.3 Å². The number of nitrogen functional groups attached to an aromatic ring is 1. The average molecular weight is 414 g/mol. The Morgan fingerprint density at radius 1 is 1.46 bits per heavy atom. The van der Waals surface area contributed by atoms with Crippen molar-refractivity contribution in [1.82, 2.24) is 24.6 Å². The minimum atomic E-state index is -3.86. The summed E-state index contributed by atoms with van der Waals surface area (Å²) >= 11 is 0. The van der Waals surface area contributed by atoms with Crippen LogP contribution in [0.25, 0.3) is 11.2 Å². The molecule has 4 rings (SSSR count). The summed E-state index contributed by atoms with van der Waals surface area (Å²) in [5.41, 5.74) is 4.63. The summed E-state index contributed by atoms with van der Waals surface area (Å²) in [7, 11) is -3.86. The monoisotopic (exact) mass is 414 g/mol. The Morgan fingerprint density at radius 3 is 2.89 bits per heavy atom. The smallest absolute Gasteiger partial charge is 0.387 e. The van der Waals surface area contributed by atoms with E-state index in [0.29, 0.717) is 11.2 Å². The Balaban J connectivity index is 1.55. The maximum atomic E-state index is 12.4. The van der Waals surface area contributed by atoms with Crippen molar-refractivity contribution in [3.8, 4) is 0 Å². The van der Waals surface area contributed by atoms with Crippen molar-refractivity contribution in [3.63, 3.8) is 0 Å². The number of hydrogen-bond acceptors (Lipinski definition) is 11. The van der Waals surface area contributed by atoms with Crippen LogP contribution in [0.5, 0.6) is 0 Å². The number of ether oxygens (including phenoxy) is 1. The van der Waals surface area contributed by atoms with Crippen LogP contribution in [-0.2, 0) is 23.1 Å². The zero-order chi connectivity index (χ0) is 20.3. The Morgan fingerprint density at radius 2 is 2.21 bits per heavy atom. The molecule has 0 spiro atoms. The highest BCUT2D eigenvalue weighted by Gasteiger charge is 2.54. The van der Waals surface area contributed by atoms with E-state index in [4.69, 9.17) is 19.5 Å². The number of anilines is 1. The standard InChI is InChI=1S/C14H19N6O7P/c1-6-12(22)27-28(24,19-6)25-3-7-9(21)14(2,23)13(26-7)20-5-18-8-10(15)16-4-17-11(8)20/h4-7,9,13,21,23H,3H2,1-2H3,(H,19,24)(H2,15,16,17)/t6?,7-,9+,13-,14?,28?/m1/s1. The summed E-state index contributed by atoms with van der Waals surface area (Å²) in [5, 5.41) is 23.7. The highest BCUT2D eigenvalue weighted by Crippen LogP contribution is 2.50. The van der Waals surface area contributed by atoms with Gasteiger partial charge in [0.25, 0.3) is 0 Å². The molecule has 14 heteroatoms. The van der Waals surface area contributed by atoms with Gasteiger partial charge in [-0.15, -0.1) is 0 Å². The number of aliphatic hydroxyl groups excluding tert-OH is 1.